The third kappa shape index (κ3) is 2.74. The molecule has 25 heavy (non-hydrogen) atoms. The van der Waals surface area contributed by atoms with E-state index in [4.69, 9.17) is 14.2 Å². The lowest BCUT2D eigenvalue weighted by Gasteiger charge is -2.07. The maximum absolute atomic E-state index is 12.6. The molecule has 0 radical (unpaired) electrons. The Morgan fingerprint density at radius 2 is 2.12 bits per heavy atom. The van der Waals surface area contributed by atoms with Crippen LogP contribution in [0.1, 0.15) is 10.4 Å². The van der Waals surface area contributed by atoms with Gasteiger partial charge in [-0.3, -0.25) is 9.36 Å². The van der Waals surface area contributed by atoms with Crippen molar-refractivity contribution in [3.8, 4) is 17.2 Å². The zero-order valence-electron chi connectivity index (χ0n) is 13.6. The summed E-state index contributed by atoms with van der Waals surface area (Å²) in [4.78, 5) is 30.8. The van der Waals surface area contributed by atoms with E-state index in [9.17, 15) is 9.59 Å². The van der Waals surface area contributed by atoms with Crippen molar-refractivity contribution in [1.29, 1.82) is 0 Å². The lowest BCUT2D eigenvalue weighted by atomic mass is 10.2. The van der Waals surface area contributed by atoms with Gasteiger partial charge in [0, 0.05) is 10.9 Å². The van der Waals surface area contributed by atoms with Crippen molar-refractivity contribution in [1.82, 2.24) is 9.55 Å². The van der Waals surface area contributed by atoms with Crippen molar-refractivity contribution in [2.24, 2.45) is 0 Å². The largest absolute Gasteiger partial charge is 0.454 e. The van der Waals surface area contributed by atoms with Crippen molar-refractivity contribution < 1.29 is 19.0 Å². The first-order chi connectivity index (χ1) is 12.0. The van der Waals surface area contributed by atoms with Crippen molar-refractivity contribution in [3.05, 3.63) is 45.3 Å². The number of aryl methyl sites for hydroxylation is 2. The van der Waals surface area contributed by atoms with Gasteiger partial charge in [-0.1, -0.05) is 0 Å². The molecular formula is C17H14N2O5S. The Morgan fingerprint density at radius 3 is 2.96 bits per heavy atom. The molecule has 8 heteroatoms. The second-order valence-electron chi connectivity index (χ2n) is 5.63. The topological polar surface area (TPSA) is 79.7 Å². The predicted octanol–water partition coefficient (Wildman–Crippen LogP) is 2.41. The van der Waals surface area contributed by atoms with Gasteiger partial charge >= 0.3 is 5.97 Å². The Labute approximate surface area is 146 Å². The monoisotopic (exact) mass is 358 g/mol. The van der Waals surface area contributed by atoms with E-state index in [2.05, 4.69) is 4.98 Å². The molecule has 3 heterocycles. The highest BCUT2D eigenvalue weighted by Crippen LogP contribution is 2.35. The van der Waals surface area contributed by atoms with Crippen molar-refractivity contribution >= 4 is 27.5 Å². The molecular weight excluding hydrogens is 344 g/mol. The summed E-state index contributed by atoms with van der Waals surface area (Å²) in [5.74, 6) is 0.898. The number of aromatic nitrogens is 2. The molecule has 0 fully saturated rings. The number of rotatable bonds is 3. The third-order valence-corrected chi connectivity index (χ3v) is 5.15. The first-order valence-electron chi connectivity index (χ1n) is 7.58. The zero-order valence-corrected chi connectivity index (χ0v) is 14.4. The fourth-order valence-electron chi connectivity index (χ4n) is 2.63. The van der Waals surface area contributed by atoms with Crippen LogP contribution in [0, 0.1) is 13.8 Å². The minimum Gasteiger partial charge on any atom is -0.454 e. The van der Waals surface area contributed by atoms with Gasteiger partial charge < -0.3 is 14.2 Å². The molecule has 3 aromatic rings. The number of carbonyl (C=O) groups excluding carboxylic acids is 1. The molecule has 1 aromatic carbocycles. The molecule has 0 atom stereocenters. The number of fused-ring (bicyclic) bond motifs is 2. The highest BCUT2D eigenvalue weighted by atomic mass is 32.1. The van der Waals surface area contributed by atoms with Crippen LogP contribution in [0.3, 0.4) is 0 Å². The number of hydrogen-bond donors (Lipinski definition) is 0. The zero-order chi connectivity index (χ0) is 17.6. The number of ether oxygens (including phenoxy) is 3. The third-order valence-electron chi connectivity index (χ3n) is 4.03. The van der Waals surface area contributed by atoms with E-state index in [1.807, 2.05) is 13.8 Å². The first-order valence-corrected chi connectivity index (χ1v) is 8.40. The summed E-state index contributed by atoms with van der Waals surface area (Å²) in [6.45, 7) is 3.75. The minimum absolute atomic E-state index is 0.146. The van der Waals surface area contributed by atoms with Crippen molar-refractivity contribution in [2.75, 3.05) is 6.79 Å². The van der Waals surface area contributed by atoms with Gasteiger partial charge in [0.15, 0.2) is 11.5 Å². The highest BCUT2D eigenvalue weighted by molar-refractivity contribution is 7.18. The number of carbonyl (C=O) groups is 1. The van der Waals surface area contributed by atoms with Crippen molar-refractivity contribution in [2.45, 2.75) is 20.4 Å². The second kappa shape index (κ2) is 5.89. The predicted molar refractivity (Wildman–Crippen MR) is 91.6 cm³/mol. The number of nitrogens with zero attached hydrogens (tertiary/aromatic N) is 2. The Kier molecular flexibility index (Phi) is 3.69. The Hall–Kier alpha value is -2.87. The molecule has 0 N–H and O–H groups in total. The van der Waals surface area contributed by atoms with Gasteiger partial charge in [0.2, 0.25) is 6.79 Å². The van der Waals surface area contributed by atoms with Crippen molar-refractivity contribution in [3.63, 3.8) is 0 Å². The normalized spacial score (nSPS) is 12.6. The van der Waals surface area contributed by atoms with E-state index >= 15 is 0 Å². The molecule has 1 aliphatic rings. The average molecular weight is 358 g/mol. The van der Waals surface area contributed by atoms with E-state index in [-0.39, 0.29) is 18.9 Å². The van der Waals surface area contributed by atoms with Gasteiger partial charge in [0.25, 0.3) is 5.56 Å². The number of esters is 1. The SMILES string of the molecule is Cc1sc2ncn(CC(=O)Oc3ccc4c(c3)OCO4)c(=O)c2c1C. The molecule has 1 aliphatic heterocycles. The molecule has 0 amide bonds. The van der Waals surface area contributed by atoms with Gasteiger partial charge in [0.05, 0.1) is 11.7 Å². The maximum atomic E-state index is 12.6. The molecule has 0 bridgehead atoms. The molecule has 0 unspecified atom stereocenters. The maximum Gasteiger partial charge on any atom is 0.331 e. The lowest BCUT2D eigenvalue weighted by molar-refractivity contribution is -0.135. The average Bonchev–Trinajstić information content (AvgIpc) is 3.15. The summed E-state index contributed by atoms with van der Waals surface area (Å²) < 4.78 is 17.0. The fraction of sp³-hybridized carbons (Fsp3) is 0.235. The molecule has 0 spiro atoms. The van der Waals surface area contributed by atoms with E-state index in [0.29, 0.717) is 27.5 Å². The van der Waals surface area contributed by atoms with Gasteiger partial charge in [-0.2, -0.15) is 0 Å². The van der Waals surface area contributed by atoms with Crippen LogP contribution in [0.5, 0.6) is 17.2 Å². The molecule has 128 valence electrons. The molecule has 0 aliphatic carbocycles. The molecule has 7 nitrogen and oxygen atoms in total. The number of thiophene rings is 1. The van der Waals surface area contributed by atoms with Crippen LogP contribution < -0.4 is 19.8 Å². The van der Waals surface area contributed by atoms with Crippen LogP contribution in [-0.2, 0) is 11.3 Å². The minimum atomic E-state index is -0.563. The summed E-state index contributed by atoms with van der Waals surface area (Å²) in [5, 5.41) is 0.556. The molecule has 4 rings (SSSR count). The van der Waals surface area contributed by atoms with E-state index in [0.717, 1.165) is 10.4 Å². The first kappa shape index (κ1) is 15.6. The summed E-state index contributed by atoms with van der Waals surface area (Å²) in [7, 11) is 0. The lowest BCUT2D eigenvalue weighted by Crippen LogP contribution is -2.26. The molecule has 2 aromatic heterocycles. The standard InChI is InChI=1S/C17H14N2O5S/c1-9-10(2)25-16-15(9)17(21)19(7-18-16)6-14(20)24-11-3-4-12-13(5-11)23-8-22-12/h3-5,7H,6,8H2,1-2H3. The smallest absolute Gasteiger partial charge is 0.331 e. The Morgan fingerprint density at radius 1 is 1.32 bits per heavy atom. The highest BCUT2D eigenvalue weighted by Gasteiger charge is 2.17. The van der Waals surface area contributed by atoms with Crippen LogP contribution >= 0.6 is 11.3 Å². The van der Waals surface area contributed by atoms with Gasteiger partial charge in [-0.25, -0.2) is 9.78 Å². The Bertz CT molecular complexity index is 1050. The van der Waals surface area contributed by atoms with Crippen LogP contribution in [0.15, 0.2) is 29.3 Å². The summed E-state index contributed by atoms with van der Waals surface area (Å²) >= 11 is 1.47. The molecule has 0 saturated heterocycles. The van der Waals surface area contributed by atoms with Gasteiger partial charge in [0.1, 0.15) is 17.1 Å². The summed E-state index contributed by atoms with van der Waals surface area (Å²) in [6, 6.07) is 4.86. The Balaban J connectivity index is 1.57. The van der Waals surface area contributed by atoms with Crippen LogP contribution in [0.25, 0.3) is 10.2 Å². The van der Waals surface area contributed by atoms with Gasteiger partial charge in [-0.15, -0.1) is 11.3 Å². The number of hydrogen-bond acceptors (Lipinski definition) is 7. The summed E-state index contributed by atoms with van der Waals surface area (Å²) in [6.07, 6.45) is 1.38. The van der Waals surface area contributed by atoms with Gasteiger partial charge in [-0.05, 0) is 31.5 Å². The van der Waals surface area contributed by atoms with E-state index in [1.165, 1.54) is 22.2 Å². The second-order valence-corrected chi connectivity index (χ2v) is 6.83. The molecule has 0 saturated carbocycles. The van der Waals surface area contributed by atoms with Crippen LogP contribution in [0.4, 0.5) is 0 Å². The quantitative estimate of drug-likeness (QED) is 0.528. The summed E-state index contributed by atoms with van der Waals surface area (Å²) in [5.41, 5.74) is 0.658. The number of benzene rings is 1. The van der Waals surface area contributed by atoms with Crippen LogP contribution in [-0.4, -0.2) is 22.3 Å². The fourth-order valence-corrected chi connectivity index (χ4v) is 3.61. The van der Waals surface area contributed by atoms with E-state index in [1.54, 1.807) is 18.2 Å². The van der Waals surface area contributed by atoms with E-state index < -0.39 is 5.97 Å². The van der Waals surface area contributed by atoms with Crippen LogP contribution in [0.2, 0.25) is 0 Å².